The Kier molecular flexibility index (Phi) is 4.02. The van der Waals surface area contributed by atoms with E-state index in [0.29, 0.717) is 0 Å². The van der Waals surface area contributed by atoms with E-state index in [1.807, 2.05) is 0 Å². The number of carbonyl (C=O) groups is 1. The molecule has 0 aliphatic heterocycles. The van der Waals surface area contributed by atoms with Crippen molar-refractivity contribution in [2.24, 2.45) is 17.0 Å². The minimum Gasteiger partial charge on any atom is -0.411 e. The molecule has 13 heavy (non-hydrogen) atoms. The molecule has 0 bridgehead atoms. The molecule has 1 saturated carbocycles. The van der Waals surface area contributed by atoms with Gasteiger partial charge in [-0.15, -0.1) is 5.16 Å². The van der Waals surface area contributed by atoms with Crippen LogP contribution in [0, 0.1) is 11.8 Å². The molecule has 0 radical (unpaired) electrons. The number of oxime groups is 1. The highest BCUT2D eigenvalue weighted by molar-refractivity contribution is 6.13. The topological polar surface area (TPSA) is 58.9 Å². The molecule has 0 saturated heterocycles. The molecular weight excluding hydrogens is 194 g/mol. The predicted octanol–water partition coefficient (Wildman–Crippen LogP) is 1.95. The lowest BCUT2D eigenvalue weighted by molar-refractivity contribution is -0.139. The number of hydrogen-bond donors (Lipinski definition) is 1. The molecule has 0 heterocycles. The Hall–Kier alpha value is -0.770. The lowest BCUT2D eigenvalue weighted by Crippen LogP contribution is -2.22. The van der Waals surface area contributed by atoms with Gasteiger partial charge in [-0.05, 0) is 31.6 Å². The minimum atomic E-state index is -0.346. The molecule has 1 fully saturated rings. The number of hydrogen-bond acceptors (Lipinski definition) is 4. The third kappa shape index (κ3) is 2.88. The Bertz CT molecular complexity index is 200. The third-order valence-corrected chi connectivity index (χ3v) is 2.61. The summed E-state index contributed by atoms with van der Waals surface area (Å²) in [4.78, 5) is 11.0. The van der Waals surface area contributed by atoms with Gasteiger partial charge in [0, 0.05) is 6.21 Å². The normalized spacial score (nSPS) is 29.0. The van der Waals surface area contributed by atoms with Gasteiger partial charge in [-0.3, -0.25) is 4.79 Å². The van der Waals surface area contributed by atoms with Crippen molar-refractivity contribution in [1.82, 2.24) is 0 Å². The van der Waals surface area contributed by atoms with Crippen molar-refractivity contribution < 1.29 is 14.3 Å². The predicted molar refractivity (Wildman–Crippen MR) is 47.7 cm³/mol. The maximum Gasteiger partial charge on any atom is 0.327 e. The van der Waals surface area contributed by atoms with Crippen LogP contribution in [-0.2, 0) is 9.08 Å². The Morgan fingerprint density at radius 1 is 1.46 bits per heavy atom. The molecule has 0 aromatic heterocycles. The fourth-order valence-corrected chi connectivity index (χ4v) is 1.79. The quantitative estimate of drug-likeness (QED) is 0.426. The summed E-state index contributed by atoms with van der Waals surface area (Å²) in [6.45, 7) is 0. The number of carbonyl (C=O) groups excluding carboxylic acids is 1. The van der Waals surface area contributed by atoms with Crippen LogP contribution in [-0.4, -0.2) is 17.4 Å². The van der Waals surface area contributed by atoms with Crippen LogP contribution in [0.4, 0.5) is 0 Å². The molecule has 0 unspecified atom stereocenters. The first-order chi connectivity index (χ1) is 6.27. The van der Waals surface area contributed by atoms with Gasteiger partial charge in [-0.2, -0.15) is 0 Å². The zero-order chi connectivity index (χ0) is 9.68. The van der Waals surface area contributed by atoms with Crippen LogP contribution < -0.4 is 0 Å². The fourth-order valence-electron chi connectivity index (χ4n) is 1.66. The minimum absolute atomic E-state index is 0.0826. The molecule has 1 rings (SSSR count). The van der Waals surface area contributed by atoms with Gasteiger partial charge in [0.05, 0.1) is 5.92 Å². The maximum absolute atomic E-state index is 11.0. The Labute approximate surface area is 81.7 Å². The summed E-state index contributed by atoms with van der Waals surface area (Å²) in [7, 11) is 0. The summed E-state index contributed by atoms with van der Waals surface area (Å²) in [6.07, 6.45) is 4.72. The smallest absolute Gasteiger partial charge is 0.327 e. The average molecular weight is 206 g/mol. The van der Waals surface area contributed by atoms with Gasteiger partial charge in [0.25, 0.3) is 0 Å². The van der Waals surface area contributed by atoms with Crippen LogP contribution in [0.2, 0.25) is 0 Å². The molecule has 0 aromatic rings. The SMILES string of the molecule is O=C(OCl)C1CCC(/C=N/O)CC1. The monoisotopic (exact) mass is 205 g/mol. The van der Waals surface area contributed by atoms with E-state index in [-0.39, 0.29) is 17.8 Å². The summed E-state index contributed by atoms with van der Waals surface area (Å²) < 4.78 is 4.14. The van der Waals surface area contributed by atoms with Crippen LogP contribution in [0.15, 0.2) is 5.16 Å². The van der Waals surface area contributed by atoms with Crippen LogP contribution in [0.25, 0.3) is 0 Å². The van der Waals surface area contributed by atoms with E-state index in [4.69, 9.17) is 17.1 Å². The first kappa shape index (κ1) is 10.3. The van der Waals surface area contributed by atoms with Gasteiger partial charge in [-0.1, -0.05) is 0 Å². The second-order valence-corrected chi connectivity index (χ2v) is 3.43. The van der Waals surface area contributed by atoms with Gasteiger partial charge < -0.3 is 9.50 Å². The largest absolute Gasteiger partial charge is 0.411 e. The van der Waals surface area contributed by atoms with Crippen molar-refractivity contribution >= 4 is 24.0 Å². The van der Waals surface area contributed by atoms with Gasteiger partial charge in [0.1, 0.15) is 11.9 Å². The van der Waals surface area contributed by atoms with Gasteiger partial charge in [-0.25, -0.2) is 0 Å². The van der Waals surface area contributed by atoms with E-state index >= 15 is 0 Å². The van der Waals surface area contributed by atoms with Crippen LogP contribution in [0.1, 0.15) is 25.7 Å². The first-order valence-corrected chi connectivity index (χ1v) is 4.58. The Morgan fingerprint density at radius 3 is 2.54 bits per heavy atom. The van der Waals surface area contributed by atoms with E-state index in [1.54, 1.807) is 0 Å². The highest BCUT2D eigenvalue weighted by atomic mass is 35.5. The van der Waals surface area contributed by atoms with Crippen molar-refractivity contribution in [1.29, 1.82) is 0 Å². The van der Waals surface area contributed by atoms with Gasteiger partial charge >= 0.3 is 5.97 Å². The van der Waals surface area contributed by atoms with E-state index in [0.717, 1.165) is 25.7 Å². The summed E-state index contributed by atoms with van der Waals surface area (Å²) >= 11 is 4.97. The lowest BCUT2D eigenvalue weighted by atomic mass is 9.83. The van der Waals surface area contributed by atoms with Crippen molar-refractivity contribution in [3.63, 3.8) is 0 Å². The second kappa shape index (κ2) is 5.07. The highest BCUT2D eigenvalue weighted by Gasteiger charge is 2.26. The number of nitrogens with zero attached hydrogens (tertiary/aromatic N) is 1. The maximum atomic E-state index is 11.0. The van der Waals surface area contributed by atoms with E-state index in [2.05, 4.69) is 9.45 Å². The molecule has 1 aliphatic rings. The molecule has 0 aromatic carbocycles. The van der Waals surface area contributed by atoms with Crippen molar-refractivity contribution in [2.75, 3.05) is 0 Å². The summed E-state index contributed by atoms with van der Waals surface area (Å²) in [5.41, 5.74) is 0. The molecule has 0 amide bonds. The van der Waals surface area contributed by atoms with Gasteiger partial charge in [0.2, 0.25) is 0 Å². The average Bonchev–Trinajstić information content (AvgIpc) is 2.18. The first-order valence-electron chi connectivity index (χ1n) is 4.28. The number of halogens is 1. The second-order valence-electron chi connectivity index (χ2n) is 3.27. The van der Waals surface area contributed by atoms with Gasteiger partial charge in [0.15, 0.2) is 0 Å². The molecule has 0 atom stereocenters. The van der Waals surface area contributed by atoms with Crippen molar-refractivity contribution in [2.45, 2.75) is 25.7 Å². The molecule has 74 valence electrons. The third-order valence-electron chi connectivity index (χ3n) is 2.46. The number of rotatable bonds is 2. The molecule has 4 nitrogen and oxygen atoms in total. The summed E-state index contributed by atoms with van der Waals surface area (Å²) in [6, 6.07) is 0. The standard InChI is InChI=1S/C8H12ClNO3/c9-13-8(11)7-3-1-6(2-4-7)5-10-12/h5-7,12H,1-4H2/b10-5+. The Morgan fingerprint density at radius 2 is 2.08 bits per heavy atom. The van der Waals surface area contributed by atoms with E-state index < -0.39 is 0 Å². The van der Waals surface area contributed by atoms with E-state index in [9.17, 15) is 4.79 Å². The molecule has 1 N–H and O–H groups in total. The zero-order valence-electron chi connectivity index (χ0n) is 7.15. The fraction of sp³-hybridized carbons (Fsp3) is 0.750. The lowest BCUT2D eigenvalue weighted by Gasteiger charge is -2.23. The molecule has 1 aliphatic carbocycles. The zero-order valence-corrected chi connectivity index (χ0v) is 7.91. The summed E-state index contributed by atoms with van der Waals surface area (Å²) in [5.74, 6) is -0.147. The van der Waals surface area contributed by atoms with Crippen LogP contribution in [0.5, 0.6) is 0 Å². The Balaban J connectivity index is 2.34. The molecule has 0 spiro atoms. The van der Waals surface area contributed by atoms with Crippen LogP contribution in [0.3, 0.4) is 0 Å². The van der Waals surface area contributed by atoms with Crippen molar-refractivity contribution in [3.05, 3.63) is 0 Å². The highest BCUT2D eigenvalue weighted by Crippen LogP contribution is 2.28. The van der Waals surface area contributed by atoms with Crippen LogP contribution >= 0.6 is 11.9 Å². The molecular formula is C8H12ClNO3. The summed E-state index contributed by atoms with van der Waals surface area (Å²) in [5, 5.41) is 11.3. The molecule has 5 heteroatoms. The van der Waals surface area contributed by atoms with E-state index in [1.165, 1.54) is 6.21 Å². The van der Waals surface area contributed by atoms with Crippen molar-refractivity contribution in [3.8, 4) is 0 Å².